The maximum Gasteiger partial charge on any atom is 0.407 e. The van der Waals surface area contributed by atoms with Gasteiger partial charge in [0.05, 0.1) is 13.7 Å². The zero-order valence-corrected chi connectivity index (χ0v) is 12.4. The maximum absolute atomic E-state index is 11.5. The quantitative estimate of drug-likeness (QED) is 0.889. The Morgan fingerprint density at radius 3 is 2.90 bits per heavy atom. The Morgan fingerprint density at radius 1 is 1.43 bits per heavy atom. The van der Waals surface area contributed by atoms with E-state index in [2.05, 4.69) is 10.3 Å². The van der Waals surface area contributed by atoms with E-state index < -0.39 is 0 Å². The number of rotatable bonds is 5. The minimum Gasteiger partial charge on any atom is -0.497 e. The average molecular weight is 288 g/mol. The summed E-state index contributed by atoms with van der Waals surface area (Å²) in [4.78, 5) is 14.8. The molecule has 0 radical (unpaired) electrons. The molecule has 0 saturated heterocycles. The molecule has 1 aliphatic carbocycles. The van der Waals surface area contributed by atoms with E-state index in [9.17, 15) is 4.79 Å². The number of H-pyrrole nitrogens is 1. The van der Waals surface area contributed by atoms with Gasteiger partial charge in [-0.15, -0.1) is 0 Å². The number of nitrogens with one attached hydrogen (secondary N) is 2. The Balaban J connectivity index is 1.84. The summed E-state index contributed by atoms with van der Waals surface area (Å²) in [5.74, 6) is 0.845. The summed E-state index contributed by atoms with van der Waals surface area (Å²) in [6.07, 6.45) is 3.85. The van der Waals surface area contributed by atoms with Gasteiger partial charge in [0, 0.05) is 29.1 Å². The number of hydrogen-bond donors (Lipinski definition) is 2. The van der Waals surface area contributed by atoms with Crippen molar-refractivity contribution < 1.29 is 14.3 Å². The predicted octanol–water partition coefficient (Wildman–Crippen LogP) is 2.95. The van der Waals surface area contributed by atoms with Gasteiger partial charge < -0.3 is 19.8 Å². The van der Waals surface area contributed by atoms with E-state index in [4.69, 9.17) is 9.47 Å². The van der Waals surface area contributed by atoms with Crippen molar-refractivity contribution in [2.45, 2.75) is 25.2 Å². The van der Waals surface area contributed by atoms with Crippen LogP contribution in [0.1, 0.15) is 25.3 Å². The predicted molar refractivity (Wildman–Crippen MR) is 80.8 cm³/mol. The van der Waals surface area contributed by atoms with Crippen molar-refractivity contribution in [2.75, 3.05) is 20.3 Å². The summed E-state index contributed by atoms with van der Waals surface area (Å²) in [6, 6.07) is 6.01. The number of aromatic amines is 1. The molecule has 112 valence electrons. The van der Waals surface area contributed by atoms with Crippen LogP contribution in [-0.2, 0) is 10.2 Å². The first-order chi connectivity index (χ1) is 10.2. The molecule has 1 fully saturated rings. The summed E-state index contributed by atoms with van der Waals surface area (Å²) in [7, 11) is 1.67. The van der Waals surface area contributed by atoms with E-state index in [1.54, 1.807) is 14.0 Å². The second-order valence-corrected chi connectivity index (χ2v) is 5.47. The van der Waals surface area contributed by atoms with E-state index >= 15 is 0 Å². The second kappa shape index (κ2) is 5.31. The van der Waals surface area contributed by atoms with Gasteiger partial charge in [0.1, 0.15) is 5.75 Å². The van der Waals surface area contributed by atoms with Crippen LogP contribution in [0.25, 0.3) is 10.9 Å². The summed E-state index contributed by atoms with van der Waals surface area (Å²) >= 11 is 0. The number of benzene rings is 1. The minimum absolute atomic E-state index is 0.0252. The normalized spacial score (nSPS) is 15.7. The SMILES string of the molecule is CCOC(=O)NCC1(c2c[nH]c3ccc(OC)cc23)CC1. The lowest BCUT2D eigenvalue weighted by molar-refractivity contribution is 0.151. The van der Waals surface area contributed by atoms with Crippen LogP contribution in [0.15, 0.2) is 24.4 Å². The first kappa shape index (κ1) is 13.8. The number of ether oxygens (including phenoxy) is 2. The minimum atomic E-state index is -0.346. The number of alkyl carbamates (subject to hydrolysis) is 1. The van der Waals surface area contributed by atoms with Crippen LogP contribution < -0.4 is 10.1 Å². The van der Waals surface area contributed by atoms with Gasteiger partial charge in [0.2, 0.25) is 0 Å². The van der Waals surface area contributed by atoms with Crippen LogP contribution in [0, 0.1) is 0 Å². The van der Waals surface area contributed by atoms with Gasteiger partial charge >= 0.3 is 6.09 Å². The van der Waals surface area contributed by atoms with E-state index in [1.807, 2.05) is 24.4 Å². The van der Waals surface area contributed by atoms with E-state index in [0.29, 0.717) is 13.2 Å². The molecule has 21 heavy (non-hydrogen) atoms. The molecule has 2 aromatic rings. The van der Waals surface area contributed by atoms with Gasteiger partial charge in [0.25, 0.3) is 0 Å². The lowest BCUT2D eigenvalue weighted by Crippen LogP contribution is -2.32. The highest BCUT2D eigenvalue weighted by Gasteiger charge is 2.46. The Morgan fingerprint density at radius 2 is 2.24 bits per heavy atom. The Kier molecular flexibility index (Phi) is 3.49. The Hall–Kier alpha value is -2.17. The molecular formula is C16H20N2O3. The summed E-state index contributed by atoms with van der Waals surface area (Å²) in [6.45, 7) is 2.80. The van der Waals surface area contributed by atoms with Crippen LogP contribution >= 0.6 is 0 Å². The fourth-order valence-corrected chi connectivity index (χ4v) is 2.78. The average Bonchev–Trinajstić information content (AvgIpc) is 3.16. The monoisotopic (exact) mass is 288 g/mol. The molecule has 1 aromatic carbocycles. The number of aromatic nitrogens is 1. The molecule has 1 amide bonds. The molecular weight excluding hydrogens is 268 g/mol. The summed E-state index contributed by atoms with van der Waals surface area (Å²) in [5.41, 5.74) is 2.36. The van der Waals surface area contributed by atoms with E-state index in [1.165, 1.54) is 5.56 Å². The van der Waals surface area contributed by atoms with Gasteiger partial charge in [-0.05, 0) is 43.5 Å². The molecule has 1 aliphatic rings. The smallest absolute Gasteiger partial charge is 0.407 e. The standard InChI is InChI=1S/C16H20N2O3/c1-3-21-15(19)18-10-16(6-7-16)13-9-17-14-5-4-11(20-2)8-12(13)14/h4-5,8-9,17H,3,6-7,10H2,1-2H3,(H,18,19). The molecule has 1 saturated carbocycles. The van der Waals surface area contributed by atoms with Gasteiger partial charge in [-0.3, -0.25) is 0 Å². The highest BCUT2D eigenvalue weighted by Crippen LogP contribution is 2.50. The van der Waals surface area contributed by atoms with Crippen molar-refractivity contribution in [2.24, 2.45) is 0 Å². The lowest BCUT2D eigenvalue weighted by atomic mass is 9.95. The third-order valence-corrected chi connectivity index (χ3v) is 4.16. The van der Waals surface area contributed by atoms with E-state index in [0.717, 1.165) is 29.5 Å². The van der Waals surface area contributed by atoms with Crippen molar-refractivity contribution in [1.82, 2.24) is 10.3 Å². The number of amides is 1. The van der Waals surface area contributed by atoms with Gasteiger partial charge in [-0.25, -0.2) is 4.79 Å². The number of methoxy groups -OCH3 is 1. The molecule has 5 nitrogen and oxygen atoms in total. The maximum atomic E-state index is 11.5. The Bertz CT molecular complexity index is 659. The molecule has 0 unspecified atom stereocenters. The molecule has 5 heteroatoms. The largest absolute Gasteiger partial charge is 0.497 e. The van der Waals surface area contributed by atoms with Crippen LogP contribution in [0.5, 0.6) is 5.75 Å². The summed E-state index contributed by atoms with van der Waals surface area (Å²) in [5, 5.41) is 4.03. The number of carbonyl (C=O) groups excluding carboxylic acids is 1. The molecule has 0 atom stereocenters. The van der Waals surface area contributed by atoms with Crippen molar-refractivity contribution in [3.63, 3.8) is 0 Å². The third kappa shape index (κ3) is 2.55. The zero-order valence-electron chi connectivity index (χ0n) is 12.4. The third-order valence-electron chi connectivity index (χ3n) is 4.16. The number of hydrogen-bond acceptors (Lipinski definition) is 3. The number of carbonyl (C=O) groups is 1. The first-order valence-electron chi connectivity index (χ1n) is 7.25. The second-order valence-electron chi connectivity index (χ2n) is 5.47. The fourth-order valence-electron chi connectivity index (χ4n) is 2.78. The van der Waals surface area contributed by atoms with Crippen LogP contribution in [0.2, 0.25) is 0 Å². The van der Waals surface area contributed by atoms with Gasteiger partial charge in [-0.1, -0.05) is 0 Å². The van der Waals surface area contributed by atoms with Crippen molar-refractivity contribution in [3.8, 4) is 5.75 Å². The Labute approximate surface area is 123 Å². The molecule has 1 heterocycles. The molecule has 1 aromatic heterocycles. The molecule has 3 rings (SSSR count). The van der Waals surface area contributed by atoms with Gasteiger partial charge in [0.15, 0.2) is 0 Å². The van der Waals surface area contributed by atoms with Gasteiger partial charge in [-0.2, -0.15) is 0 Å². The zero-order chi connectivity index (χ0) is 14.9. The van der Waals surface area contributed by atoms with Crippen molar-refractivity contribution in [1.29, 1.82) is 0 Å². The summed E-state index contributed by atoms with van der Waals surface area (Å²) < 4.78 is 10.2. The van der Waals surface area contributed by atoms with E-state index in [-0.39, 0.29) is 11.5 Å². The highest BCUT2D eigenvalue weighted by molar-refractivity contribution is 5.86. The molecule has 2 N–H and O–H groups in total. The first-order valence-corrected chi connectivity index (χ1v) is 7.25. The molecule has 0 spiro atoms. The van der Waals surface area contributed by atoms with Crippen molar-refractivity contribution >= 4 is 17.0 Å². The molecule has 0 bridgehead atoms. The number of fused-ring (bicyclic) bond motifs is 1. The topological polar surface area (TPSA) is 63.3 Å². The molecule has 0 aliphatic heterocycles. The fraction of sp³-hybridized carbons (Fsp3) is 0.438. The van der Waals surface area contributed by atoms with Crippen LogP contribution in [-0.4, -0.2) is 31.3 Å². The van der Waals surface area contributed by atoms with Crippen molar-refractivity contribution in [3.05, 3.63) is 30.0 Å². The van der Waals surface area contributed by atoms with Crippen LogP contribution in [0.4, 0.5) is 4.79 Å². The highest BCUT2D eigenvalue weighted by atomic mass is 16.5. The lowest BCUT2D eigenvalue weighted by Gasteiger charge is -2.15. The van der Waals surface area contributed by atoms with Crippen LogP contribution in [0.3, 0.4) is 0 Å².